The van der Waals surface area contributed by atoms with E-state index in [0.29, 0.717) is 29.7 Å². The summed E-state index contributed by atoms with van der Waals surface area (Å²) in [6, 6.07) is 15.8. The van der Waals surface area contributed by atoms with Gasteiger partial charge in [0.25, 0.3) is 0 Å². The van der Waals surface area contributed by atoms with Crippen LogP contribution in [-0.4, -0.2) is 20.7 Å². The van der Waals surface area contributed by atoms with E-state index in [0.717, 1.165) is 16.1 Å². The number of carbonyl (C=O) groups excluding carboxylic acids is 1. The number of thiophene rings is 1. The van der Waals surface area contributed by atoms with Crippen molar-refractivity contribution < 1.29 is 9.21 Å². The Morgan fingerprint density at radius 1 is 1.18 bits per heavy atom. The number of carbonyl (C=O) groups is 1. The monoisotopic (exact) mass is 392 g/mol. The predicted molar refractivity (Wildman–Crippen MR) is 109 cm³/mol. The molecule has 3 heterocycles. The van der Waals surface area contributed by atoms with E-state index in [1.807, 2.05) is 67.8 Å². The highest BCUT2D eigenvalue weighted by Gasteiger charge is 2.17. The zero-order chi connectivity index (χ0) is 19.5. The van der Waals surface area contributed by atoms with Crippen LogP contribution in [0.5, 0.6) is 0 Å². The zero-order valence-electron chi connectivity index (χ0n) is 15.7. The average molecular weight is 392 g/mol. The topological polar surface area (TPSA) is 73.0 Å². The molecule has 0 atom stereocenters. The van der Waals surface area contributed by atoms with Gasteiger partial charge in [-0.1, -0.05) is 36.4 Å². The van der Waals surface area contributed by atoms with Gasteiger partial charge in [0.05, 0.1) is 29.2 Å². The molecule has 1 N–H and O–H groups in total. The van der Waals surface area contributed by atoms with E-state index < -0.39 is 0 Å². The maximum absolute atomic E-state index is 12.6. The summed E-state index contributed by atoms with van der Waals surface area (Å²) >= 11 is 1.56. The largest absolute Gasteiger partial charge is 0.440 e. The fourth-order valence-electron chi connectivity index (χ4n) is 2.96. The van der Waals surface area contributed by atoms with Crippen LogP contribution in [0.25, 0.3) is 10.8 Å². The van der Waals surface area contributed by atoms with Gasteiger partial charge in [-0.25, -0.2) is 9.67 Å². The van der Waals surface area contributed by atoms with E-state index in [1.54, 1.807) is 16.0 Å². The summed E-state index contributed by atoms with van der Waals surface area (Å²) in [6.07, 6.45) is 0.149. The fraction of sp³-hybridized carbons (Fsp3) is 0.190. The van der Waals surface area contributed by atoms with Gasteiger partial charge < -0.3 is 9.73 Å². The molecular formula is C21H20N4O2S. The van der Waals surface area contributed by atoms with Crippen molar-refractivity contribution >= 4 is 23.1 Å². The van der Waals surface area contributed by atoms with Crippen LogP contribution in [0.1, 0.15) is 22.7 Å². The number of benzene rings is 1. The van der Waals surface area contributed by atoms with Crippen LogP contribution in [0.3, 0.4) is 0 Å². The Hall–Kier alpha value is -3.19. The molecule has 6 nitrogen and oxygen atoms in total. The van der Waals surface area contributed by atoms with E-state index >= 15 is 0 Å². The molecule has 0 aliphatic heterocycles. The number of rotatable bonds is 6. The van der Waals surface area contributed by atoms with Crippen molar-refractivity contribution in [2.75, 3.05) is 5.32 Å². The molecule has 142 valence electrons. The Balaban J connectivity index is 1.47. The molecule has 1 amide bonds. The summed E-state index contributed by atoms with van der Waals surface area (Å²) in [5.74, 6) is 1.74. The van der Waals surface area contributed by atoms with E-state index in [1.165, 1.54) is 0 Å². The number of aromatic nitrogens is 3. The van der Waals surface area contributed by atoms with Gasteiger partial charge in [0, 0.05) is 6.07 Å². The highest BCUT2D eigenvalue weighted by Crippen LogP contribution is 2.26. The summed E-state index contributed by atoms with van der Waals surface area (Å²) in [7, 11) is 0. The highest BCUT2D eigenvalue weighted by atomic mass is 32.1. The second-order valence-electron chi connectivity index (χ2n) is 6.54. The molecule has 0 saturated carbocycles. The number of nitrogens with one attached hydrogen (secondary N) is 1. The molecule has 0 bridgehead atoms. The molecular weight excluding hydrogens is 372 g/mol. The second kappa shape index (κ2) is 7.82. The number of hydrogen-bond donors (Lipinski definition) is 1. The molecule has 0 radical (unpaired) electrons. The molecule has 0 aliphatic carbocycles. The second-order valence-corrected chi connectivity index (χ2v) is 7.49. The SMILES string of the molecule is Cc1cc(NC(=O)Cc2nc(-c3cccs3)oc2C)n(Cc2ccccc2)n1. The lowest BCUT2D eigenvalue weighted by Crippen LogP contribution is -2.18. The number of anilines is 1. The van der Waals surface area contributed by atoms with Gasteiger partial charge in [-0.15, -0.1) is 11.3 Å². The Kier molecular flexibility index (Phi) is 5.08. The molecule has 7 heteroatoms. The van der Waals surface area contributed by atoms with Crippen LogP contribution < -0.4 is 5.32 Å². The van der Waals surface area contributed by atoms with Crippen molar-refractivity contribution in [2.45, 2.75) is 26.8 Å². The van der Waals surface area contributed by atoms with Gasteiger partial charge in [0.2, 0.25) is 11.8 Å². The quantitative estimate of drug-likeness (QED) is 0.526. The minimum absolute atomic E-state index is 0.149. The van der Waals surface area contributed by atoms with Gasteiger partial charge in [0.1, 0.15) is 11.6 Å². The number of hydrogen-bond acceptors (Lipinski definition) is 5. The zero-order valence-corrected chi connectivity index (χ0v) is 16.5. The van der Waals surface area contributed by atoms with Crippen molar-refractivity contribution in [2.24, 2.45) is 0 Å². The summed E-state index contributed by atoms with van der Waals surface area (Å²) in [4.78, 5) is 18.1. The maximum Gasteiger partial charge on any atom is 0.236 e. The highest BCUT2D eigenvalue weighted by molar-refractivity contribution is 7.13. The van der Waals surface area contributed by atoms with Gasteiger partial charge in [-0.2, -0.15) is 5.10 Å². The van der Waals surface area contributed by atoms with E-state index in [2.05, 4.69) is 15.4 Å². The summed E-state index contributed by atoms with van der Waals surface area (Å²) in [5.41, 5.74) is 2.62. The molecule has 1 aromatic carbocycles. The van der Waals surface area contributed by atoms with Crippen LogP contribution in [0, 0.1) is 13.8 Å². The first-order chi connectivity index (χ1) is 13.6. The number of aryl methyl sites for hydroxylation is 2. The van der Waals surface area contributed by atoms with Crippen LogP contribution in [0.2, 0.25) is 0 Å². The Morgan fingerprint density at radius 2 is 2.00 bits per heavy atom. The van der Waals surface area contributed by atoms with Gasteiger partial charge in [-0.05, 0) is 30.9 Å². The Bertz CT molecular complexity index is 1080. The number of nitrogens with zero attached hydrogens (tertiary/aromatic N) is 3. The standard InChI is InChI=1S/C21H20N4O2S/c1-14-11-19(25(24-14)13-16-7-4-3-5-8-16)23-20(26)12-17-15(2)27-21(22-17)18-9-6-10-28-18/h3-11H,12-13H2,1-2H3,(H,23,26). The molecule has 0 unspecified atom stereocenters. The summed E-state index contributed by atoms with van der Waals surface area (Å²) in [5, 5.41) is 9.41. The molecule has 3 aromatic heterocycles. The molecule has 0 spiro atoms. The Morgan fingerprint density at radius 3 is 2.75 bits per heavy atom. The molecule has 4 aromatic rings. The van der Waals surface area contributed by atoms with E-state index in [9.17, 15) is 4.79 Å². The maximum atomic E-state index is 12.6. The van der Waals surface area contributed by atoms with Crippen molar-refractivity contribution in [3.8, 4) is 10.8 Å². The molecule has 0 aliphatic rings. The normalized spacial score (nSPS) is 10.9. The van der Waals surface area contributed by atoms with Crippen LogP contribution in [0.4, 0.5) is 5.82 Å². The summed E-state index contributed by atoms with van der Waals surface area (Å²) in [6.45, 7) is 4.33. The van der Waals surface area contributed by atoms with Gasteiger partial charge in [-0.3, -0.25) is 4.79 Å². The number of oxazole rings is 1. The van der Waals surface area contributed by atoms with Crippen molar-refractivity contribution in [1.82, 2.24) is 14.8 Å². The van der Waals surface area contributed by atoms with Crippen molar-refractivity contribution in [3.05, 3.63) is 76.6 Å². The smallest absolute Gasteiger partial charge is 0.236 e. The lowest BCUT2D eigenvalue weighted by Gasteiger charge is -2.08. The van der Waals surface area contributed by atoms with Crippen molar-refractivity contribution in [1.29, 1.82) is 0 Å². The molecule has 0 fully saturated rings. The van der Waals surface area contributed by atoms with Crippen LogP contribution >= 0.6 is 11.3 Å². The Labute approximate surface area is 166 Å². The van der Waals surface area contributed by atoms with Gasteiger partial charge >= 0.3 is 0 Å². The first kappa shape index (κ1) is 18.2. The van der Waals surface area contributed by atoms with Crippen molar-refractivity contribution in [3.63, 3.8) is 0 Å². The predicted octanol–water partition coefficient (Wildman–Crippen LogP) is 4.45. The minimum Gasteiger partial charge on any atom is -0.440 e. The average Bonchev–Trinajstić information content (AvgIpc) is 3.38. The van der Waals surface area contributed by atoms with E-state index in [-0.39, 0.29) is 12.3 Å². The first-order valence-corrected chi connectivity index (χ1v) is 9.85. The third-order valence-corrected chi connectivity index (χ3v) is 5.16. The lowest BCUT2D eigenvalue weighted by atomic mass is 10.2. The third kappa shape index (κ3) is 4.04. The molecule has 28 heavy (non-hydrogen) atoms. The minimum atomic E-state index is -0.150. The number of amides is 1. The van der Waals surface area contributed by atoms with Crippen LogP contribution in [0.15, 0.2) is 58.3 Å². The molecule has 0 saturated heterocycles. The fourth-order valence-corrected chi connectivity index (χ4v) is 3.61. The van der Waals surface area contributed by atoms with Crippen LogP contribution in [-0.2, 0) is 17.8 Å². The lowest BCUT2D eigenvalue weighted by molar-refractivity contribution is -0.115. The van der Waals surface area contributed by atoms with E-state index in [4.69, 9.17) is 4.42 Å². The molecule has 4 rings (SSSR count). The third-order valence-electron chi connectivity index (χ3n) is 4.30. The first-order valence-electron chi connectivity index (χ1n) is 8.97. The van der Waals surface area contributed by atoms with Gasteiger partial charge in [0.15, 0.2) is 0 Å². The summed E-state index contributed by atoms with van der Waals surface area (Å²) < 4.78 is 7.52.